The van der Waals surface area contributed by atoms with Crippen molar-refractivity contribution in [2.75, 3.05) is 7.11 Å². The van der Waals surface area contributed by atoms with E-state index in [9.17, 15) is 4.39 Å². The van der Waals surface area contributed by atoms with E-state index >= 15 is 0 Å². The van der Waals surface area contributed by atoms with Crippen LogP contribution in [-0.2, 0) is 6.54 Å². The first kappa shape index (κ1) is 14.5. The van der Waals surface area contributed by atoms with Gasteiger partial charge in [-0.1, -0.05) is 43.3 Å². The average Bonchev–Trinajstić information content (AvgIpc) is 2.49. The lowest BCUT2D eigenvalue weighted by molar-refractivity contribution is 0.386. The highest BCUT2D eigenvalue weighted by Gasteiger charge is 2.09. The molecule has 0 heterocycles. The van der Waals surface area contributed by atoms with Gasteiger partial charge in [-0.3, -0.25) is 0 Å². The van der Waals surface area contributed by atoms with Gasteiger partial charge in [0.1, 0.15) is 0 Å². The zero-order valence-electron chi connectivity index (χ0n) is 11.9. The second-order valence-electron chi connectivity index (χ2n) is 4.72. The molecule has 0 saturated heterocycles. The number of hydrogen-bond acceptors (Lipinski definition) is 2. The minimum Gasteiger partial charge on any atom is -0.494 e. The maximum absolute atomic E-state index is 13.6. The van der Waals surface area contributed by atoms with Gasteiger partial charge in [-0.15, -0.1) is 0 Å². The highest BCUT2D eigenvalue weighted by molar-refractivity contribution is 5.29. The maximum atomic E-state index is 13.6. The van der Waals surface area contributed by atoms with Crippen molar-refractivity contribution in [1.29, 1.82) is 0 Å². The Morgan fingerprint density at radius 1 is 1.15 bits per heavy atom. The molecule has 20 heavy (non-hydrogen) atoms. The number of nitrogens with one attached hydrogen (secondary N) is 1. The van der Waals surface area contributed by atoms with Crippen LogP contribution in [0.2, 0.25) is 0 Å². The van der Waals surface area contributed by atoms with Crippen molar-refractivity contribution in [3.63, 3.8) is 0 Å². The van der Waals surface area contributed by atoms with Crippen molar-refractivity contribution in [2.45, 2.75) is 25.9 Å². The molecule has 0 aliphatic heterocycles. The summed E-state index contributed by atoms with van der Waals surface area (Å²) in [6.45, 7) is 2.77. The third kappa shape index (κ3) is 3.58. The molecule has 1 unspecified atom stereocenters. The van der Waals surface area contributed by atoms with E-state index < -0.39 is 0 Å². The van der Waals surface area contributed by atoms with Gasteiger partial charge in [-0.05, 0) is 29.7 Å². The van der Waals surface area contributed by atoms with Crippen molar-refractivity contribution in [3.8, 4) is 5.75 Å². The lowest BCUT2D eigenvalue weighted by atomic mass is 10.0. The summed E-state index contributed by atoms with van der Waals surface area (Å²) >= 11 is 0. The third-order valence-corrected chi connectivity index (χ3v) is 3.38. The van der Waals surface area contributed by atoms with Gasteiger partial charge in [0.15, 0.2) is 11.6 Å². The van der Waals surface area contributed by atoms with Crippen LogP contribution in [0.3, 0.4) is 0 Å². The Hall–Kier alpha value is -1.87. The van der Waals surface area contributed by atoms with E-state index in [-0.39, 0.29) is 17.6 Å². The van der Waals surface area contributed by atoms with Crippen LogP contribution in [0.5, 0.6) is 5.75 Å². The number of hydrogen-bond donors (Lipinski definition) is 1. The number of halogens is 1. The molecule has 0 aromatic heterocycles. The minimum atomic E-state index is -0.320. The zero-order valence-corrected chi connectivity index (χ0v) is 11.9. The molecule has 2 rings (SSSR count). The Bertz CT molecular complexity index is 542. The van der Waals surface area contributed by atoms with Gasteiger partial charge >= 0.3 is 0 Å². The smallest absolute Gasteiger partial charge is 0.165 e. The van der Waals surface area contributed by atoms with E-state index in [1.165, 1.54) is 18.7 Å². The lowest BCUT2D eigenvalue weighted by Crippen LogP contribution is -2.20. The van der Waals surface area contributed by atoms with Crippen molar-refractivity contribution in [1.82, 2.24) is 5.32 Å². The topological polar surface area (TPSA) is 21.3 Å². The number of ether oxygens (including phenoxy) is 1. The highest BCUT2D eigenvalue weighted by Crippen LogP contribution is 2.20. The molecule has 0 amide bonds. The van der Waals surface area contributed by atoms with E-state index in [0.717, 1.165) is 12.0 Å². The summed E-state index contributed by atoms with van der Waals surface area (Å²) in [6.07, 6.45) is 0.989. The van der Waals surface area contributed by atoms with Crippen LogP contribution in [0.15, 0.2) is 48.5 Å². The monoisotopic (exact) mass is 273 g/mol. The summed E-state index contributed by atoms with van der Waals surface area (Å²) < 4.78 is 18.5. The van der Waals surface area contributed by atoms with Crippen LogP contribution in [0.4, 0.5) is 4.39 Å². The van der Waals surface area contributed by atoms with Gasteiger partial charge in [0.05, 0.1) is 7.11 Å². The number of rotatable bonds is 6. The predicted octanol–water partition coefficient (Wildman–Crippen LogP) is 4.08. The van der Waals surface area contributed by atoms with Gasteiger partial charge in [0, 0.05) is 12.6 Å². The molecule has 0 bridgehead atoms. The van der Waals surface area contributed by atoms with Gasteiger partial charge in [0.25, 0.3) is 0 Å². The average molecular weight is 273 g/mol. The molecule has 2 nitrogen and oxygen atoms in total. The molecule has 0 saturated carbocycles. The molecule has 106 valence electrons. The lowest BCUT2D eigenvalue weighted by Gasteiger charge is -2.17. The molecule has 0 aliphatic carbocycles. The fraction of sp³-hybridized carbons (Fsp3) is 0.294. The predicted molar refractivity (Wildman–Crippen MR) is 79.3 cm³/mol. The zero-order chi connectivity index (χ0) is 14.4. The summed E-state index contributed by atoms with van der Waals surface area (Å²) in [7, 11) is 1.47. The summed E-state index contributed by atoms with van der Waals surface area (Å²) in [6, 6.07) is 15.6. The van der Waals surface area contributed by atoms with E-state index in [0.29, 0.717) is 6.54 Å². The fourth-order valence-corrected chi connectivity index (χ4v) is 2.24. The molecule has 3 heteroatoms. The Morgan fingerprint density at radius 3 is 2.50 bits per heavy atom. The molecule has 0 spiro atoms. The summed E-state index contributed by atoms with van der Waals surface area (Å²) in [5, 5.41) is 3.46. The Balaban J connectivity index is 2.02. The van der Waals surface area contributed by atoms with E-state index in [2.05, 4.69) is 24.4 Å². The first-order valence-corrected chi connectivity index (χ1v) is 6.85. The van der Waals surface area contributed by atoms with Gasteiger partial charge in [0.2, 0.25) is 0 Å². The molecule has 0 fully saturated rings. The highest BCUT2D eigenvalue weighted by atomic mass is 19.1. The summed E-state index contributed by atoms with van der Waals surface area (Å²) in [5.41, 5.74) is 2.17. The van der Waals surface area contributed by atoms with Crippen molar-refractivity contribution < 1.29 is 9.13 Å². The first-order chi connectivity index (χ1) is 9.74. The van der Waals surface area contributed by atoms with Crippen LogP contribution in [0.1, 0.15) is 30.5 Å². The minimum absolute atomic E-state index is 0.279. The van der Waals surface area contributed by atoms with E-state index in [4.69, 9.17) is 4.74 Å². The van der Waals surface area contributed by atoms with Gasteiger partial charge in [-0.2, -0.15) is 0 Å². The quantitative estimate of drug-likeness (QED) is 0.856. The summed E-state index contributed by atoms with van der Waals surface area (Å²) in [5.74, 6) is -0.0385. The maximum Gasteiger partial charge on any atom is 0.165 e. The van der Waals surface area contributed by atoms with E-state index in [1.807, 2.05) is 24.3 Å². The Kier molecular flexibility index (Phi) is 5.13. The molecule has 1 N–H and O–H groups in total. The second-order valence-corrected chi connectivity index (χ2v) is 4.72. The van der Waals surface area contributed by atoms with Crippen LogP contribution in [-0.4, -0.2) is 7.11 Å². The Labute approximate surface area is 119 Å². The van der Waals surface area contributed by atoms with Crippen molar-refractivity contribution in [2.24, 2.45) is 0 Å². The van der Waals surface area contributed by atoms with E-state index in [1.54, 1.807) is 6.07 Å². The van der Waals surface area contributed by atoms with Crippen LogP contribution in [0.25, 0.3) is 0 Å². The van der Waals surface area contributed by atoms with Crippen LogP contribution in [0, 0.1) is 5.82 Å². The number of methoxy groups -OCH3 is 1. The second kappa shape index (κ2) is 7.06. The Morgan fingerprint density at radius 2 is 1.90 bits per heavy atom. The molecule has 0 radical (unpaired) electrons. The van der Waals surface area contributed by atoms with Gasteiger partial charge < -0.3 is 10.1 Å². The third-order valence-electron chi connectivity index (χ3n) is 3.38. The molecule has 2 aromatic rings. The first-order valence-electron chi connectivity index (χ1n) is 6.85. The van der Waals surface area contributed by atoms with Gasteiger partial charge in [-0.25, -0.2) is 4.39 Å². The van der Waals surface area contributed by atoms with Crippen LogP contribution >= 0.6 is 0 Å². The molecule has 1 atom stereocenters. The largest absolute Gasteiger partial charge is 0.494 e. The standard InChI is InChI=1S/C17H20FNO/c1-3-16(14-7-5-4-6-8-14)19-12-13-9-10-17(20-2)15(18)11-13/h4-11,16,19H,3,12H2,1-2H3. The fourth-order valence-electron chi connectivity index (χ4n) is 2.24. The summed E-state index contributed by atoms with van der Waals surface area (Å²) in [4.78, 5) is 0. The normalized spacial score (nSPS) is 12.2. The number of benzene rings is 2. The SMILES string of the molecule is CCC(NCc1ccc(OC)c(F)c1)c1ccccc1. The molecule has 2 aromatic carbocycles. The molecule has 0 aliphatic rings. The van der Waals surface area contributed by atoms with Crippen molar-refractivity contribution in [3.05, 3.63) is 65.5 Å². The van der Waals surface area contributed by atoms with Crippen LogP contribution < -0.4 is 10.1 Å². The van der Waals surface area contributed by atoms with Crippen molar-refractivity contribution >= 4 is 0 Å². The molecular weight excluding hydrogens is 253 g/mol. The molecular formula is C17H20FNO.